The number of rotatable bonds is 4. The Balaban J connectivity index is 2.10. The number of nitrogens with two attached hydrogens (primary N) is 1. The summed E-state index contributed by atoms with van der Waals surface area (Å²) in [6, 6.07) is 6.78. The summed E-state index contributed by atoms with van der Waals surface area (Å²) in [5.74, 6) is -0.548. The van der Waals surface area contributed by atoms with Crippen molar-refractivity contribution >= 4 is 23.2 Å². The van der Waals surface area contributed by atoms with E-state index in [1.54, 1.807) is 30.5 Å². The smallest absolute Gasteiger partial charge is 0.253 e. The molecule has 0 aliphatic heterocycles. The van der Waals surface area contributed by atoms with Crippen LogP contribution in [0.15, 0.2) is 36.7 Å². The lowest BCUT2D eigenvalue weighted by Gasteiger charge is -2.10. The fourth-order valence-corrected chi connectivity index (χ4v) is 1.73. The van der Waals surface area contributed by atoms with Gasteiger partial charge in [-0.2, -0.15) is 5.10 Å². The van der Waals surface area contributed by atoms with Crippen molar-refractivity contribution in [2.45, 2.75) is 6.54 Å². The number of nitrogen functional groups attached to an aromatic ring is 1. The molecule has 1 heterocycles. The van der Waals surface area contributed by atoms with Gasteiger partial charge in [0.05, 0.1) is 23.1 Å². The molecule has 0 aliphatic rings. The molecular weight excluding hydrogens is 258 g/mol. The molecule has 7 heteroatoms. The van der Waals surface area contributed by atoms with Gasteiger partial charge >= 0.3 is 0 Å². The Bertz CT molecular complexity index is 635. The Kier molecular flexibility index (Phi) is 3.99. The Labute approximate surface area is 115 Å². The minimum Gasteiger partial charge on any atom is -0.396 e. The molecule has 0 fully saturated rings. The standard InChI is InChI=1S/C13H15N5O2/c1-15-13(20)10-4-2-3-5-11(10)17-12(19)8-18-7-9(14)6-16-18/h2-7H,8,14H2,1H3,(H,15,20)(H,17,19). The molecule has 2 aromatic rings. The Morgan fingerprint density at radius 2 is 2.10 bits per heavy atom. The number of nitrogens with zero attached hydrogens (tertiary/aromatic N) is 2. The molecule has 20 heavy (non-hydrogen) atoms. The molecule has 0 saturated heterocycles. The van der Waals surface area contributed by atoms with Gasteiger partial charge in [0.2, 0.25) is 5.91 Å². The van der Waals surface area contributed by atoms with Gasteiger partial charge in [-0.25, -0.2) is 0 Å². The average molecular weight is 273 g/mol. The zero-order valence-corrected chi connectivity index (χ0v) is 11.0. The minimum atomic E-state index is -0.288. The van der Waals surface area contributed by atoms with Crippen LogP contribution in [0.25, 0.3) is 0 Å². The van der Waals surface area contributed by atoms with E-state index in [4.69, 9.17) is 5.73 Å². The Morgan fingerprint density at radius 1 is 1.35 bits per heavy atom. The van der Waals surface area contributed by atoms with E-state index in [-0.39, 0.29) is 18.4 Å². The normalized spacial score (nSPS) is 10.1. The number of benzene rings is 1. The predicted octanol–water partition coefficient (Wildman–Crippen LogP) is 0.464. The van der Waals surface area contributed by atoms with Crippen molar-refractivity contribution < 1.29 is 9.59 Å². The van der Waals surface area contributed by atoms with Crippen molar-refractivity contribution in [2.24, 2.45) is 0 Å². The molecular formula is C13H15N5O2. The first-order valence-corrected chi connectivity index (χ1v) is 5.99. The fourth-order valence-electron chi connectivity index (χ4n) is 1.73. The van der Waals surface area contributed by atoms with E-state index in [0.717, 1.165) is 0 Å². The van der Waals surface area contributed by atoms with Crippen LogP contribution in [0.4, 0.5) is 11.4 Å². The van der Waals surface area contributed by atoms with Gasteiger partial charge in [0.15, 0.2) is 0 Å². The first kappa shape index (κ1) is 13.6. The van der Waals surface area contributed by atoms with Crippen LogP contribution in [-0.4, -0.2) is 28.6 Å². The van der Waals surface area contributed by atoms with Crippen molar-refractivity contribution in [3.8, 4) is 0 Å². The number of aromatic nitrogens is 2. The van der Waals surface area contributed by atoms with Gasteiger partial charge in [0, 0.05) is 13.2 Å². The molecule has 2 rings (SSSR count). The largest absolute Gasteiger partial charge is 0.396 e. The molecule has 7 nitrogen and oxygen atoms in total. The number of carbonyl (C=O) groups is 2. The van der Waals surface area contributed by atoms with Crippen LogP contribution in [0.3, 0.4) is 0 Å². The molecule has 0 aliphatic carbocycles. The number of hydrogen-bond donors (Lipinski definition) is 3. The topological polar surface area (TPSA) is 102 Å². The lowest BCUT2D eigenvalue weighted by molar-refractivity contribution is -0.116. The van der Waals surface area contributed by atoms with Crippen molar-refractivity contribution in [2.75, 3.05) is 18.1 Å². The second-order valence-corrected chi connectivity index (χ2v) is 4.14. The average Bonchev–Trinajstić information content (AvgIpc) is 2.83. The molecule has 0 atom stereocenters. The number of para-hydroxylation sites is 1. The number of amides is 2. The van der Waals surface area contributed by atoms with Crippen LogP contribution < -0.4 is 16.4 Å². The van der Waals surface area contributed by atoms with E-state index < -0.39 is 0 Å². The van der Waals surface area contributed by atoms with Gasteiger partial charge in [-0.05, 0) is 12.1 Å². The second-order valence-electron chi connectivity index (χ2n) is 4.14. The first-order chi connectivity index (χ1) is 9.60. The van der Waals surface area contributed by atoms with Crippen LogP contribution in [0.1, 0.15) is 10.4 Å². The van der Waals surface area contributed by atoms with E-state index in [9.17, 15) is 9.59 Å². The number of hydrogen-bond acceptors (Lipinski definition) is 4. The number of carbonyl (C=O) groups excluding carboxylic acids is 2. The summed E-state index contributed by atoms with van der Waals surface area (Å²) in [5, 5.41) is 9.13. The lowest BCUT2D eigenvalue weighted by atomic mass is 10.1. The fraction of sp³-hybridized carbons (Fsp3) is 0.154. The highest BCUT2D eigenvalue weighted by Crippen LogP contribution is 2.14. The van der Waals surface area contributed by atoms with Crippen LogP contribution in [0.5, 0.6) is 0 Å². The van der Waals surface area contributed by atoms with Gasteiger partial charge in [-0.3, -0.25) is 14.3 Å². The van der Waals surface area contributed by atoms with E-state index >= 15 is 0 Å². The van der Waals surface area contributed by atoms with Crippen molar-refractivity contribution in [1.29, 1.82) is 0 Å². The zero-order valence-electron chi connectivity index (χ0n) is 11.0. The lowest BCUT2D eigenvalue weighted by Crippen LogP contribution is -2.23. The number of anilines is 2. The molecule has 0 saturated carbocycles. The molecule has 104 valence electrons. The Hall–Kier alpha value is -2.83. The van der Waals surface area contributed by atoms with Crippen molar-refractivity contribution in [3.05, 3.63) is 42.2 Å². The molecule has 2 amide bonds. The summed E-state index contributed by atoms with van der Waals surface area (Å²) in [7, 11) is 1.54. The molecule has 0 bridgehead atoms. The molecule has 0 unspecified atom stereocenters. The third-order valence-electron chi connectivity index (χ3n) is 2.63. The quantitative estimate of drug-likeness (QED) is 0.753. The second kappa shape index (κ2) is 5.87. The minimum absolute atomic E-state index is 0.0271. The summed E-state index contributed by atoms with van der Waals surface area (Å²) < 4.78 is 1.42. The van der Waals surface area contributed by atoms with Gasteiger partial charge in [0.1, 0.15) is 6.54 Å². The highest BCUT2D eigenvalue weighted by atomic mass is 16.2. The van der Waals surface area contributed by atoms with E-state index in [1.165, 1.54) is 17.9 Å². The predicted molar refractivity (Wildman–Crippen MR) is 75.1 cm³/mol. The summed E-state index contributed by atoms with van der Waals surface area (Å²) in [5.41, 5.74) is 6.87. The van der Waals surface area contributed by atoms with Crippen LogP contribution in [0, 0.1) is 0 Å². The SMILES string of the molecule is CNC(=O)c1ccccc1NC(=O)Cn1cc(N)cn1. The van der Waals surface area contributed by atoms with Gasteiger partial charge < -0.3 is 16.4 Å². The summed E-state index contributed by atoms with van der Waals surface area (Å²) in [6.07, 6.45) is 3.02. The molecule has 0 radical (unpaired) electrons. The maximum Gasteiger partial charge on any atom is 0.253 e. The van der Waals surface area contributed by atoms with Gasteiger partial charge in [0.25, 0.3) is 5.91 Å². The summed E-state index contributed by atoms with van der Waals surface area (Å²) in [4.78, 5) is 23.6. The maximum absolute atomic E-state index is 11.9. The number of nitrogens with one attached hydrogen (secondary N) is 2. The zero-order chi connectivity index (χ0) is 14.5. The first-order valence-electron chi connectivity index (χ1n) is 5.99. The molecule has 1 aromatic heterocycles. The van der Waals surface area contributed by atoms with Crippen LogP contribution in [0.2, 0.25) is 0 Å². The summed E-state index contributed by atoms with van der Waals surface area (Å²) >= 11 is 0. The highest BCUT2D eigenvalue weighted by molar-refractivity contribution is 6.03. The van der Waals surface area contributed by atoms with Gasteiger partial charge in [-0.1, -0.05) is 12.1 Å². The van der Waals surface area contributed by atoms with Crippen molar-refractivity contribution in [1.82, 2.24) is 15.1 Å². The highest BCUT2D eigenvalue weighted by Gasteiger charge is 2.12. The van der Waals surface area contributed by atoms with Crippen molar-refractivity contribution in [3.63, 3.8) is 0 Å². The maximum atomic E-state index is 11.9. The summed E-state index contributed by atoms with van der Waals surface area (Å²) in [6.45, 7) is 0.0271. The van der Waals surface area contributed by atoms with Crippen LogP contribution >= 0.6 is 0 Å². The Morgan fingerprint density at radius 3 is 2.75 bits per heavy atom. The molecule has 1 aromatic carbocycles. The third-order valence-corrected chi connectivity index (χ3v) is 2.63. The van der Waals surface area contributed by atoms with E-state index in [2.05, 4.69) is 15.7 Å². The van der Waals surface area contributed by atoms with E-state index in [1.807, 2.05) is 0 Å². The molecule has 4 N–H and O–H groups in total. The monoisotopic (exact) mass is 273 g/mol. The third kappa shape index (κ3) is 3.14. The molecule has 0 spiro atoms. The van der Waals surface area contributed by atoms with Gasteiger partial charge in [-0.15, -0.1) is 0 Å². The van der Waals surface area contributed by atoms with E-state index in [0.29, 0.717) is 16.9 Å². The van der Waals surface area contributed by atoms with Crippen LogP contribution in [-0.2, 0) is 11.3 Å².